The summed E-state index contributed by atoms with van der Waals surface area (Å²) < 4.78 is 1.71. The number of carbonyl (C=O) groups is 1. The lowest BCUT2D eigenvalue weighted by molar-refractivity contribution is -0.120. The number of hydrogen-bond donors (Lipinski definition) is 1. The largest absolute Gasteiger partial charge is 0.356 e. The van der Waals surface area contributed by atoms with Crippen molar-refractivity contribution in [3.63, 3.8) is 0 Å². The monoisotopic (exact) mass is 394 g/mol. The summed E-state index contributed by atoms with van der Waals surface area (Å²) in [6.45, 7) is 1.52. The van der Waals surface area contributed by atoms with E-state index in [-0.39, 0.29) is 11.8 Å². The normalized spacial score (nSPS) is 16.8. The van der Waals surface area contributed by atoms with Gasteiger partial charge in [0, 0.05) is 36.4 Å². The number of carbonyl (C=O) groups excluding carboxylic acids is 1. The molecule has 1 atom stereocenters. The lowest BCUT2D eigenvalue weighted by atomic mass is 9.97. The zero-order chi connectivity index (χ0) is 19.3. The number of aromatic nitrogens is 4. The van der Waals surface area contributed by atoms with E-state index < -0.39 is 0 Å². The van der Waals surface area contributed by atoms with Crippen LogP contribution in [0.2, 0.25) is 0 Å². The van der Waals surface area contributed by atoms with E-state index in [1.165, 1.54) is 0 Å². The molecule has 1 aromatic carbocycles. The predicted octanol–water partition coefficient (Wildman–Crippen LogP) is 3.24. The highest BCUT2D eigenvalue weighted by Crippen LogP contribution is 2.27. The lowest BCUT2D eigenvalue weighted by Crippen LogP contribution is -2.41. The van der Waals surface area contributed by atoms with Gasteiger partial charge < -0.3 is 10.2 Å². The maximum atomic E-state index is 12.9. The summed E-state index contributed by atoms with van der Waals surface area (Å²) in [4.78, 5) is 24.8. The third kappa shape index (κ3) is 4.01. The summed E-state index contributed by atoms with van der Waals surface area (Å²) >= 11 is 1.63. The van der Waals surface area contributed by atoms with Crippen LogP contribution in [0.3, 0.4) is 0 Å². The van der Waals surface area contributed by atoms with Gasteiger partial charge in [-0.25, -0.2) is 14.6 Å². The lowest BCUT2D eigenvalue weighted by Gasteiger charge is -2.33. The fourth-order valence-electron chi connectivity index (χ4n) is 3.42. The molecule has 2 aromatic heterocycles. The molecule has 0 spiro atoms. The first-order valence-electron chi connectivity index (χ1n) is 9.25. The summed E-state index contributed by atoms with van der Waals surface area (Å²) in [6.07, 6.45) is 8.95. The first kappa shape index (κ1) is 18.5. The molecule has 28 heavy (non-hydrogen) atoms. The van der Waals surface area contributed by atoms with Crippen molar-refractivity contribution in [3.05, 3.63) is 55.1 Å². The summed E-state index contributed by atoms with van der Waals surface area (Å²) in [6, 6.07) is 11.7. The molecule has 3 heterocycles. The molecule has 1 unspecified atom stereocenters. The van der Waals surface area contributed by atoms with Crippen LogP contribution in [0.15, 0.2) is 60.0 Å². The number of hydrogen-bond acceptors (Lipinski definition) is 6. The molecule has 8 heteroatoms. The second-order valence-electron chi connectivity index (χ2n) is 6.66. The minimum atomic E-state index is -0.0771. The van der Waals surface area contributed by atoms with E-state index in [2.05, 4.69) is 25.3 Å². The van der Waals surface area contributed by atoms with E-state index in [1.807, 2.05) is 48.9 Å². The van der Waals surface area contributed by atoms with Gasteiger partial charge in [-0.15, -0.1) is 11.8 Å². The van der Waals surface area contributed by atoms with Crippen LogP contribution in [0.4, 0.5) is 11.5 Å². The van der Waals surface area contributed by atoms with Gasteiger partial charge in [0.05, 0.1) is 11.6 Å². The molecular formula is C20H22N6OS. The Morgan fingerprint density at radius 3 is 2.89 bits per heavy atom. The minimum Gasteiger partial charge on any atom is -0.356 e. The molecule has 144 valence electrons. The van der Waals surface area contributed by atoms with Gasteiger partial charge in [-0.3, -0.25) is 4.79 Å². The van der Waals surface area contributed by atoms with Crippen LogP contribution >= 0.6 is 11.8 Å². The quantitative estimate of drug-likeness (QED) is 0.670. The zero-order valence-corrected chi connectivity index (χ0v) is 16.5. The Kier molecular flexibility index (Phi) is 5.57. The first-order valence-corrected chi connectivity index (χ1v) is 10.5. The van der Waals surface area contributed by atoms with Gasteiger partial charge >= 0.3 is 0 Å². The molecular weight excluding hydrogens is 372 g/mol. The molecule has 0 radical (unpaired) electrons. The van der Waals surface area contributed by atoms with E-state index in [9.17, 15) is 4.79 Å². The van der Waals surface area contributed by atoms with Crippen LogP contribution < -0.4 is 10.2 Å². The van der Waals surface area contributed by atoms with E-state index in [4.69, 9.17) is 0 Å². The van der Waals surface area contributed by atoms with Crippen LogP contribution in [-0.4, -0.2) is 45.0 Å². The van der Waals surface area contributed by atoms with E-state index in [0.717, 1.165) is 41.6 Å². The average molecular weight is 395 g/mol. The first-order chi connectivity index (χ1) is 13.7. The number of rotatable bonds is 5. The number of benzene rings is 1. The second-order valence-corrected chi connectivity index (χ2v) is 7.51. The van der Waals surface area contributed by atoms with Gasteiger partial charge in [0.2, 0.25) is 5.91 Å². The average Bonchev–Trinajstić information content (AvgIpc) is 3.29. The minimum absolute atomic E-state index is 0.0626. The molecule has 1 saturated heterocycles. The van der Waals surface area contributed by atoms with Crippen molar-refractivity contribution < 1.29 is 4.79 Å². The fraction of sp³-hybridized carbons (Fsp3) is 0.300. The number of nitrogens with zero attached hydrogens (tertiary/aromatic N) is 5. The van der Waals surface area contributed by atoms with Gasteiger partial charge in [0.25, 0.3) is 0 Å². The van der Waals surface area contributed by atoms with Gasteiger partial charge in [0.15, 0.2) is 5.82 Å². The SMILES string of the molecule is CSc1ccccc1NC(=O)C1CCCN(c2cc(-n3cccn3)ncn2)C1. The highest BCUT2D eigenvalue weighted by molar-refractivity contribution is 7.98. The van der Waals surface area contributed by atoms with Crippen molar-refractivity contribution in [1.29, 1.82) is 0 Å². The Bertz CT molecular complexity index is 945. The third-order valence-corrected chi connectivity index (χ3v) is 5.65. The topological polar surface area (TPSA) is 75.9 Å². The Hall–Kier alpha value is -2.87. The highest BCUT2D eigenvalue weighted by Gasteiger charge is 2.27. The number of para-hydroxylation sites is 1. The Morgan fingerprint density at radius 1 is 1.21 bits per heavy atom. The molecule has 4 rings (SSSR count). The van der Waals surface area contributed by atoms with E-state index in [0.29, 0.717) is 6.54 Å². The molecule has 1 fully saturated rings. The van der Waals surface area contributed by atoms with Crippen molar-refractivity contribution >= 4 is 29.2 Å². The molecule has 1 aliphatic rings. The van der Waals surface area contributed by atoms with Crippen LogP contribution in [0.1, 0.15) is 12.8 Å². The molecule has 7 nitrogen and oxygen atoms in total. The molecule has 0 aliphatic carbocycles. The smallest absolute Gasteiger partial charge is 0.229 e. The van der Waals surface area contributed by atoms with Gasteiger partial charge in [0.1, 0.15) is 12.1 Å². The number of thioether (sulfide) groups is 1. The maximum absolute atomic E-state index is 12.9. The summed E-state index contributed by atoms with van der Waals surface area (Å²) in [7, 11) is 0. The molecule has 3 aromatic rings. The van der Waals surface area contributed by atoms with Crippen LogP contribution in [-0.2, 0) is 4.79 Å². The Morgan fingerprint density at radius 2 is 2.07 bits per heavy atom. The number of amides is 1. The summed E-state index contributed by atoms with van der Waals surface area (Å²) in [5.74, 6) is 1.53. The molecule has 1 amide bonds. The van der Waals surface area contributed by atoms with E-state index >= 15 is 0 Å². The van der Waals surface area contributed by atoms with Crippen molar-refractivity contribution in [3.8, 4) is 5.82 Å². The summed E-state index contributed by atoms with van der Waals surface area (Å²) in [5, 5.41) is 7.32. The zero-order valence-electron chi connectivity index (χ0n) is 15.7. The molecule has 0 saturated carbocycles. The number of anilines is 2. The van der Waals surface area contributed by atoms with Crippen LogP contribution in [0, 0.1) is 5.92 Å². The van der Waals surface area contributed by atoms with Crippen LogP contribution in [0.25, 0.3) is 5.82 Å². The number of piperidine rings is 1. The predicted molar refractivity (Wildman–Crippen MR) is 111 cm³/mol. The fourth-order valence-corrected chi connectivity index (χ4v) is 3.98. The van der Waals surface area contributed by atoms with Crippen molar-refractivity contribution in [1.82, 2.24) is 19.7 Å². The second kappa shape index (κ2) is 8.43. The Labute approximate surface area is 168 Å². The molecule has 1 aliphatic heterocycles. The maximum Gasteiger partial charge on any atom is 0.229 e. The van der Waals surface area contributed by atoms with Crippen molar-refractivity contribution in [2.75, 3.05) is 29.6 Å². The Balaban J connectivity index is 1.47. The van der Waals surface area contributed by atoms with Crippen molar-refractivity contribution in [2.24, 2.45) is 5.92 Å². The highest BCUT2D eigenvalue weighted by atomic mass is 32.2. The summed E-state index contributed by atoms with van der Waals surface area (Å²) in [5.41, 5.74) is 0.875. The third-order valence-electron chi connectivity index (χ3n) is 4.86. The van der Waals surface area contributed by atoms with Crippen molar-refractivity contribution in [2.45, 2.75) is 17.7 Å². The molecule has 0 bridgehead atoms. The molecule has 1 N–H and O–H groups in total. The van der Waals surface area contributed by atoms with Gasteiger partial charge in [-0.05, 0) is 37.3 Å². The van der Waals surface area contributed by atoms with Gasteiger partial charge in [-0.2, -0.15) is 5.10 Å². The standard InChI is InChI=1S/C20H22N6OS/c1-28-17-8-3-2-7-16(17)24-20(27)15-6-4-10-25(13-15)18-12-19(22-14-21-18)26-11-5-9-23-26/h2-3,5,7-9,11-12,14-15H,4,6,10,13H2,1H3,(H,24,27). The van der Waals surface area contributed by atoms with Gasteiger partial charge in [-0.1, -0.05) is 12.1 Å². The van der Waals surface area contributed by atoms with Crippen LogP contribution in [0.5, 0.6) is 0 Å². The number of nitrogens with one attached hydrogen (secondary N) is 1. The van der Waals surface area contributed by atoms with E-state index in [1.54, 1.807) is 29.0 Å².